The molecule has 1 heterocycles. The highest BCUT2D eigenvalue weighted by molar-refractivity contribution is 7.92. The molecule has 3 unspecified atom stereocenters. The van der Waals surface area contributed by atoms with E-state index >= 15 is 0 Å². The van der Waals surface area contributed by atoms with Crippen LogP contribution in [0.3, 0.4) is 0 Å². The van der Waals surface area contributed by atoms with Crippen LogP contribution in [0.1, 0.15) is 37.0 Å². The normalized spacial score (nSPS) is 26.3. The van der Waals surface area contributed by atoms with Gasteiger partial charge in [0.2, 0.25) is 0 Å². The predicted octanol–water partition coefficient (Wildman–Crippen LogP) is 2.10. The van der Waals surface area contributed by atoms with E-state index in [1.807, 2.05) is 4.90 Å². The molecule has 2 aliphatic rings. The first-order chi connectivity index (χ1) is 10.8. The van der Waals surface area contributed by atoms with Crippen LogP contribution in [0.25, 0.3) is 0 Å². The van der Waals surface area contributed by atoms with E-state index in [-0.39, 0.29) is 29.3 Å². The fraction of sp³-hybridized carbons (Fsp3) is 0.588. The minimum absolute atomic E-state index is 0. The number of hydrogen-bond donors (Lipinski definition) is 1. The molecule has 0 bridgehead atoms. The first-order valence-electron chi connectivity index (χ1n) is 8.19. The second-order valence-electron chi connectivity index (χ2n) is 6.99. The third kappa shape index (κ3) is 3.32. The molecule has 1 saturated carbocycles. The van der Waals surface area contributed by atoms with Crippen LogP contribution in [-0.2, 0) is 9.84 Å². The summed E-state index contributed by atoms with van der Waals surface area (Å²) >= 11 is 0. The number of carbonyl (C=O) groups excluding carboxylic acids is 1. The number of amides is 1. The van der Waals surface area contributed by atoms with Crippen molar-refractivity contribution >= 4 is 28.2 Å². The molecule has 1 aliphatic carbocycles. The summed E-state index contributed by atoms with van der Waals surface area (Å²) in [5, 5.41) is -0.469. The molecule has 24 heavy (non-hydrogen) atoms. The highest BCUT2D eigenvalue weighted by atomic mass is 35.5. The summed E-state index contributed by atoms with van der Waals surface area (Å²) in [6, 6.07) is 6.50. The summed E-state index contributed by atoms with van der Waals surface area (Å²) in [4.78, 5) is 14.7. The number of likely N-dealkylation sites (tertiary alicyclic amines) is 1. The van der Waals surface area contributed by atoms with Crippen molar-refractivity contribution in [2.45, 2.75) is 42.9 Å². The van der Waals surface area contributed by atoms with Gasteiger partial charge in [0.15, 0.2) is 9.84 Å². The van der Waals surface area contributed by atoms with E-state index in [2.05, 4.69) is 0 Å². The number of fused-ring (bicyclic) bond motifs is 1. The fourth-order valence-electron chi connectivity index (χ4n) is 3.72. The lowest BCUT2D eigenvalue weighted by molar-refractivity contribution is 0.0779. The van der Waals surface area contributed by atoms with Crippen LogP contribution in [0.5, 0.6) is 0 Å². The first-order valence-corrected chi connectivity index (χ1v) is 9.74. The summed E-state index contributed by atoms with van der Waals surface area (Å²) < 4.78 is 24.3. The average molecular weight is 373 g/mol. The predicted molar refractivity (Wildman–Crippen MR) is 96.1 cm³/mol. The zero-order valence-electron chi connectivity index (χ0n) is 14.0. The second kappa shape index (κ2) is 7.02. The summed E-state index contributed by atoms with van der Waals surface area (Å²) in [6.45, 7) is 4.79. The molecule has 1 aliphatic heterocycles. The number of hydrogen-bond acceptors (Lipinski definition) is 4. The van der Waals surface area contributed by atoms with Crippen molar-refractivity contribution in [1.82, 2.24) is 4.90 Å². The number of halogens is 1. The number of rotatable bonds is 3. The Balaban J connectivity index is 0.00000208. The molecule has 134 valence electrons. The highest BCUT2D eigenvalue weighted by Gasteiger charge is 2.42. The van der Waals surface area contributed by atoms with Crippen LogP contribution < -0.4 is 5.73 Å². The van der Waals surface area contributed by atoms with Crippen LogP contribution in [0, 0.1) is 11.8 Å². The molecule has 1 aromatic rings. The maximum absolute atomic E-state index is 12.6. The van der Waals surface area contributed by atoms with Gasteiger partial charge in [-0.25, -0.2) is 8.42 Å². The molecule has 0 spiro atoms. The SMILES string of the molecule is CC(C)S(=O)(=O)c1ccc(C(=O)N2CC3CCC(N)C3C2)cc1.Cl. The van der Waals surface area contributed by atoms with Crippen LogP contribution >= 0.6 is 12.4 Å². The molecule has 0 aromatic heterocycles. The minimum atomic E-state index is -3.30. The molecule has 2 fully saturated rings. The Hall–Kier alpha value is -1.11. The summed E-state index contributed by atoms with van der Waals surface area (Å²) in [6.07, 6.45) is 2.15. The van der Waals surface area contributed by atoms with E-state index in [9.17, 15) is 13.2 Å². The van der Waals surface area contributed by atoms with E-state index in [0.29, 0.717) is 17.4 Å². The summed E-state index contributed by atoms with van der Waals surface area (Å²) in [7, 11) is -3.30. The third-order valence-corrected chi connectivity index (χ3v) is 7.42. The van der Waals surface area contributed by atoms with Gasteiger partial charge < -0.3 is 10.6 Å². The van der Waals surface area contributed by atoms with Crippen LogP contribution in [-0.4, -0.2) is 43.6 Å². The van der Waals surface area contributed by atoms with Gasteiger partial charge in [-0.1, -0.05) is 0 Å². The first kappa shape index (κ1) is 19.2. The quantitative estimate of drug-likeness (QED) is 0.881. The van der Waals surface area contributed by atoms with Crippen molar-refractivity contribution in [3.05, 3.63) is 29.8 Å². The van der Waals surface area contributed by atoms with Gasteiger partial charge in [0.1, 0.15) is 0 Å². The monoisotopic (exact) mass is 372 g/mol. The Morgan fingerprint density at radius 3 is 2.33 bits per heavy atom. The molecule has 7 heteroatoms. The second-order valence-corrected chi connectivity index (χ2v) is 9.50. The Labute approximate surface area is 149 Å². The lowest BCUT2D eigenvalue weighted by Gasteiger charge is -2.19. The van der Waals surface area contributed by atoms with E-state index in [1.54, 1.807) is 26.0 Å². The van der Waals surface area contributed by atoms with Crippen LogP contribution in [0.4, 0.5) is 0 Å². The van der Waals surface area contributed by atoms with Crippen molar-refractivity contribution in [2.75, 3.05) is 13.1 Å². The van der Waals surface area contributed by atoms with E-state index in [0.717, 1.165) is 25.9 Å². The molecule has 3 rings (SSSR count). The molecular weight excluding hydrogens is 348 g/mol. The molecule has 5 nitrogen and oxygen atoms in total. The Morgan fingerprint density at radius 2 is 1.79 bits per heavy atom. The molecule has 1 saturated heterocycles. The molecule has 2 N–H and O–H groups in total. The fourth-order valence-corrected chi connectivity index (χ4v) is 4.78. The maximum Gasteiger partial charge on any atom is 0.253 e. The number of nitrogens with zero attached hydrogens (tertiary/aromatic N) is 1. The van der Waals surface area contributed by atoms with Gasteiger partial charge in [0.05, 0.1) is 10.1 Å². The number of sulfone groups is 1. The van der Waals surface area contributed by atoms with Crippen molar-refractivity contribution in [3.63, 3.8) is 0 Å². The molecule has 1 amide bonds. The largest absolute Gasteiger partial charge is 0.338 e. The molecule has 3 atom stereocenters. The standard InChI is InChI=1S/C17H24N2O3S.ClH/c1-11(2)23(21,22)14-6-3-12(4-7-14)17(20)19-9-13-5-8-16(18)15(13)10-19;/h3-4,6-7,11,13,15-16H,5,8-10,18H2,1-2H3;1H. The van der Waals surface area contributed by atoms with Crippen molar-refractivity contribution in [2.24, 2.45) is 17.6 Å². The lowest BCUT2D eigenvalue weighted by atomic mass is 9.98. The van der Waals surface area contributed by atoms with Gasteiger partial charge in [-0.05, 0) is 62.8 Å². The van der Waals surface area contributed by atoms with Crippen molar-refractivity contribution < 1.29 is 13.2 Å². The summed E-state index contributed by atoms with van der Waals surface area (Å²) in [5.74, 6) is 0.911. The highest BCUT2D eigenvalue weighted by Crippen LogP contribution is 2.37. The zero-order valence-corrected chi connectivity index (χ0v) is 15.6. The van der Waals surface area contributed by atoms with Crippen LogP contribution in [0.2, 0.25) is 0 Å². The third-order valence-electron chi connectivity index (χ3n) is 5.25. The molecular formula is C17H25ClN2O3S. The van der Waals surface area contributed by atoms with E-state index in [4.69, 9.17) is 5.73 Å². The number of benzene rings is 1. The minimum Gasteiger partial charge on any atom is -0.338 e. The van der Waals surface area contributed by atoms with Gasteiger partial charge in [-0.2, -0.15) is 0 Å². The smallest absolute Gasteiger partial charge is 0.253 e. The van der Waals surface area contributed by atoms with Gasteiger partial charge >= 0.3 is 0 Å². The topological polar surface area (TPSA) is 80.5 Å². The zero-order chi connectivity index (χ0) is 16.8. The van der Waals surface area contributed by atoms with Crippen molar-refractivity contribution in [3.8, 4) is 0 Å². The number of nitrogens with two attached hydrogens (primary N) is 1. The van der Waals surface area contributed by atoms with E-state index < -0.39 is 15.1 Å². The molecule has 0 radical (unpaired) electrons. The average Bonchev–Trinajstić information content (AvgIpc) is 3.09. The Kier molecular flexibility index (Phi) is 5.62. The van der Waals surface area contributed by atoms with Gasteiger partial charge in [-0.15, -0.1) is 12.4 Å². The molecule has 1 aromatic carbocycles. The number of carbonyl (C=O) groups is 1. The van der Waals surface area contributed by atoms with Gasteiger partial charge in [-0.3, -0.25) is 4.79 Å². The van der Waals surface area contributed by atoms with Crippen LogP contribution in [0.15, 0.2) is 29.2 Å². The lowest BCUT2D eigenvalue weighted by Crippen LogP contribution is -2.33. The van der Waals surface area contributed by atoms with Gasteiger partial charge in [0, 0.05) is 24.7 Å². The van der Waals surface area contributed by atoms with Gasteiger partial charge in [0.25, 0.3) is 5.91 Å². The Bertz CT molecular complexity index is 703. The Morgan fingerprint density at radius 1 is 1.17 bits per heavy atom. The maximum atomic E-state index is 12.6. The van der Waals surface area contributed by atoms with E-state index in [1.165, 1.54) is 12.1 Å². The van der Waals surface area contributed by atoms with Crippen molar-refractivity contribution in [1.29, 1.82) is 0 Å². The summed E-state index contributed by atoms with van der Waals surface area (Å²) in [5.41, 5.74) is 6.66.